The predicted molar refractivity (Wildman–Crippen MR) is 87.8 cm³/mol. The predicted octanol–water partition coefficient (Wildman–Crippen LogP) is 0.887. The molecule has 1 fully saturated rings. The average Bonchev–Trinajstić information content (AvgIpc) is 2.37. The molecule has 1 aromatic rings. The summed E-state index contributed by atoms with van der Waals surface area (Å²) in [7, 11) is -3.62. The van der Waals surface area contributed by atoms with E-state index in [0.29, 0.717) is 18.7 Å². The SMILES string of the molecule is Cc1ccc(S(=O)(=O)N2CC(C)NC(C)C2)cc1C(N)=O.Cl. The monoisotopic (exact) mass is 347 g/mol. The lowest BCUT2D eigenvalue weighted by Gasteiger charge is -2.35. The molecule has 1 saturated heterocycles. The van der Waals surface area contributed by atoms with E-state index < -0.39 is 15.9 Å². The number of primary amides is 1. The van der Waals surface area contributed by atoms with Crippen molar-refractivity contribution in [2.45, 2.75) is 37.8 Å². The first-order valence-corrected chi connectivity index (χ1v) is 8.32. The third kappa shape index (κ3) is 3.78. The van der Waals surface area contributed by atoms with Gasteiger partial charge in [0.1, 0.15) is 0 Å². The highest BCUT2D eigenvalue weighted by Gasteiger charge is 2.31. The first-order chi connectivity index (χ1) is 9.71. The second kappa shape index (κ2) is 6.95. The lowest BCUT2D eigenvalue weighted by molar-refractivity contribution is 0.0999. The zero-order valence-corrected chi connectivity index (χ0v) is 14.5. The number of carbonyl (C=O) groups excluding carboxylic acids is 1. The highest BCUT2D eigenvalue weighted by molar-refractivity contribution is 7.89. The lowest BCUT2D eigenvalue weighted by atomic mass is 10.1. The van der Waals surface area contributed by atoms with Crippen LogP contribution in [0.2, 0.25) is 0 Å². The standard InChI is InChI=1S/C14H21N3O3S.ClH/c1-9-4-5-12(6-13(9)14(15)18)21(19,20)17-7-10(2)16-11(3)8-17;/h4-6,10-11,16H,7-8H2,1-3H3,(H2,15,18);1H. The number of hydrogen-bond donors (Lipinski definition) is 2. The fourth-order valence-electron chi connectivity index (χ4n) is 2.65. The van der Waals surface area contributed by atoms with Gasteiger partial charge < -0.3 is 11.1 Å². The number of sulfonamides is 1. The third-order valence-electron chi connectivity index (χ3n) is 3.64. The maximum absolute atomic E-state index is 12.7. The Bertz CT molecular complexity index is 653. The fourth-order valence-corrected chi connectivity index (χ4v) is 4.29. The number of nitrogens with one attached hydrogen (secondary N) is 1. The second-order valence-electron chi connectivity index (χ2n) is 5.63. The van der Waals surface area contributed by atoms with Gasteiger partial charge in [-0.25, -0.2) is 8.42 Å². The van der Waals surface area contributed by atoms with Crippen LogP contribution >= 0.6 is 12.4 Å². The second-order valence-corrected chi connectivity index (χ2v) is 7.57. The number of carbonyl (C=O) groups is 1. The van der Waals surface area contributed by atoms with Gasteiger partial charge in [0, 0.05) is 30.7 Å². The largest absolute Gasteiger partial charge is 0.366 e. The lowest BCUT2D eigenvalue weighted by Crippen LogP contribution is -2.55. The van der Waals surface area contributed by atoms with Gasteiger partial charge in [0.05, 0.1) is 4.90 Å². The quantitative estimate of drug-likeness (QED) is 0.849. The number of aryl methyl sites for hydroxylation is 1. The Labute approximate surface area is 137 Å². The summed E-state index contributed by atoms with van der Waals surface area (Å²) in [5, 5.41) is 3.29. The normalized spacial score (nSPS) is 22.9. The minimum absolute atomic E-state index is 0. The Hall–Kier alpha value is -1.15. The third-order valence-corrected chi connectivity index (χ3v) is 5.46. The van der Waals surface area contributed by atoms with Crippen LogP contribution in [0.25, 0.3) is 0 Å². The molecule has 124 valence electrons. The molecule has 2 rings (SSSR count). The first kappa shape index (κ1) is 18.9. The summed E-state index contributed by atoms with van der Waals surface area (Å²) in [6, 6.07) is 4.68. The maximum atomic E-state index is 12.7. The van der Waals surface area contributed by atoms with Crippen LogP contribution in [0.5, 0.6) is 0 Å². The number of rotatable bonds is 3. The molecule has 0 saturated carbocycles. The summed E-state index contributed by atoms with van der Waals surface area (Å²) in [5.74, 6) is -0.619. The molecule has 0 spiro atoms. The van der Waals surface area contributed by atoms with E-state index in [-0.39, 0.29) is 34.9 Å². The molecule has 0 bridgehead atoms. The van der Waals surface area contributed by atoms with Gasteiger partial charge >= 0.3 is 0 Å². The Morgan fingerprint density at radius 2 is 1.82 bits per heavy atom. The summed E-state index contributed by atoms with van der Waals surface area (Å²) in [6.07, 6.45) is 0. The van der Waals surface area contributed by atoms with E-state index in [2.05, 4.69) is 5.32 Å². The minimum atomic E-state index is -3.62. The van der Waals surface area contributed by atoms with Gasteiger partial charge in [0.15, 0.2) is 0 Å². The highest BCUT2D eigenvalue weighted by Crippen LogP contribution is 2.21. The van der Waals surface area contributed by atoms with Crippen molar-refractivity contribution in [3.63, 3.8) is 0 Å². The zero-order valence-electron chi connectivity index (χ0n) is 12.9. The van der Waals surface area contributed by atoms with Gasteiger partial charge in [-0.2, -0.15) is 4.31 Å². The van der Waals surface area contributed by atoms with E-state index >= 15 is 0 Å². The van der Waals surface area contributed by atoms with Crippen LogP contribution in [-0.4, -0.2) is 43.8 Å². The summed E-state index contributed by atoms with van der Waals surface area (Å²) in [4.78, 5) is 11.5. The zero-order chi connectivity index (χ0) is 15.8. The molecule has 2 unspecified atom stereocenters. The molecule has 1 aromatic carbocycles. The Kier molecular flexibility index (Phi) is 5.97. The van der Waals surface area contributed by atoms with E-state index in [9.17, 15) is 13.2 Å². The van der Waals surface area contributed by atoms with Crippen LogP contribution in [0.15, 0.2) is 23.1 Å². The summed E-state index contributed by atoms with van der Waals surface area (Å²) < 4.78 is 26.9. The molecule has 22 heavy (non-hydrogen) atoms. The number of hydrogen-bond acceptors (Lipinski definition) is 4. The molecule has 1 heterocycles. The number of nitrogens with two attached hydrogens (primary N) is 1. The van der Waals surface area contributed by atoms with Gasteiger partial charge in [-0.3, -0.25) is 4.79 Å². The molecule has 1 aliphatic heterocycles. The molecule has 6 nitrogen and oxygen atoms in total. The molecular formula is C14H22ClN3O3S. The van der Waals surface area contributed by atoms with Crippen molar-refractivity contribution in [1.82, 2.24) is 9.62 Å². The molecule has 2 atom stereocenters. The van der Waals surface area contributed by atoms with Crippen LogP contribution in [0.1, 0.15) is 29.8 Å². The molecular weight excluding hydrogens is 326 g/mol. The van der Waals surface area contributed by atoms with Crippen LogP contribution < -0.4 is 11.1 Å². The average molecular weight is 348 g/mol. The van der Waals surface area contributed by atoms with E-state index in [4.69, 9.17) is 5.73 Å². The van der Waals surface area contributed by atoms with Gasteiger partial charge in [0.2, 0.25) is 15.9 Å². The van der Waals surface area contributed by atoms with E-state index in [1.807, 2.05) is 13.8 Å². The fraction of sp³-hybridized carbons (Fsp3) is 0.500. The first-order valence-electron chi connectivity index (χ1n) is 6.88. The van der Waals surface area contributed by atoms with Crippen LogP contribution in [0.4, 0.5) is 0 Å². The van der Waals surface area contributed by atoms with Gasteiger partial charge in [0.25, 0.3) is 0 Å². The number of amides is 1. The summed E-state index contributed by atoms with van der Waals surface area (Å²) >= 11 is 0. The van der Waals surface area contributed by atoms with Crippen molar-refractivity contribution in [1.29, 1.82) is 0 Å². The van der Waals surface area contributed by atoms with Crippen molar-refractivity contribution < 1.29 is 13.2 Å². The smallest absolute Gasteiger partial charge is 0.249 e. The maximum Gasteiger partial charge on any atom is 0.249 e. The number of benzene rings is 1. The molecule has 0 aliphatic carbocycles. The molecule has 0 radical (unpaired) electrons. The molecule has 0 aromatic heterocycles. The van der Waals surface area contributed by atoms with Crippen molar-refractivity contribution in [2.75, 3.05) is 13.1 Å². The van der Waals surface area contributed by atoms with Gasteiger partial charge in [-0.1, -0.05) is 6.07 Å². The van der Waals surface area contributed by atoms with E-state index in [0.717, 1.165) is 0 Å². The van der Waals surface area contributed by atoms with Crippen molar-refractivity contribution in [3.05, 3.63) is 29.3 Å². The topological polar surface area (TPSA) is 92.5 Å². The Morgan fingerprint density at radius 1 is 1.27 bits per heavy atom. The highest BCUT2D eigenvalue weighted by atomic mass is 35.5. The minimum Gasteiger partial charge on any atom is -0.366 e. The van der Waals surface area contributed by atoms with Crippen molar-refractivity contribution in [3.8, 4) is 0 Å². The van der Waals surface area contributed by atoms with Gasteiger partial charge in [-0.15, -0.1) is 12.4 Å². The number of piperazine rings is 1. The van der Waals surface area contributed by atoms with Crippen LogP contribution in [0.3, 0.4) is 0 Å². The summed E-state index contributed by atoms with van der Waals surface area (Å²) in [5.41, 5.74) is 6.20. The van der Waals surface area contributed by atoms with Crippen molar-refractivity contribution in [2.24, 2.45) is 5.73 Å². The van der Waals surface area contributed by atoms with Crippen molar-refractivity contribution >= 4 is 28.3 Å². The van der Waals surface area contributed by atoms with E-state index in [1.54, 1.807) is 13.0 Å². The molecule has 3 N–H and O–H groups in total. The summed E-state index contributed by atoms with van der Waals surface area (Å²) in [6.45, 7) is 6.44. The Morgan fingerprint density at radius 3 is 2.32 bits per heavy atom. The van der Waals surface area contributed by atoms with Gasteiger partial charge in [-0.05, 0) is 38.5 Å². The van der Waals surface area contributed by atoms with E-state index in [1.165, 1.54) is 16.4 Å². The number of nitrogens with zero attached hydrogens (tertiary/aromatic N) is 1. The van der Waals surface area contributed by atoms with Crippen LogP contribution in [-0.2, 0) is 10.0 Å². The Balaban J connectivity index is 0.00000242. The van der Waals surface area contributed by atoms with Crippen LogP contribution in [0, 0.1) is 6.92 Å². The molecule has 8 heteroatoms. The molecule has 1 aliphatic rings. The number of halogens is 1. The molecule has 1 amide bonds.